The number of rotatable bonds is 3. The molecule has 8 nitrogen and oxygen atoms in total. The molecule has 0 spiro atoms. The number of sulfonamides is 1. The molecule has 1 heterocycles. The van der Waals surface area contributed by atoms with E-state index in [-0.39, 0.29) is 5.75 Å². The Morgan fingerprint density at radius 3 is 1.82 bits per heavy atom. The van der Waals surface area contributed by atoms with Gasteiger partial charge in [-0.05, 0) is 19.8 Å². The van der Waals surface area contributed by atoms with Crippen molar-refractivity contribution in [2.75, 3.05) is 31.9 Å². The van der Waals surface area contributed by atoms with E-state index in [0.29, 0.717) is 13.1 Å². The van der Waals surface area contributed by atoms with Crippen molar-refractivity contribution in [3.63, 3.8) is 0 Å². The summed E-state index contributed by atoms with van der Waals surface area (Å²) in [7, 11) is -2.96. The predicted octanol–water partition coefficient (Wildman–Crippen LogP) is 0.0519. The molecule has 2 rings (SSSR count). The number of carbonyl (C=O) groups is 2. The molecule has 0 atom stereocenters. The number of aliphatic carboxylic acids is 2. The van der Waals surface area contributed by atoms with Gasteiger partial charge in [-0.3, -0.25) is 4.90 Å². The van der Waals surface area contributed by atoms with Crippen LogP contribution in [-0.2, 0) is 19.6 Å². The van der Waals surface area contributed by atoms with Gasteiger partial charge in [0.1, 0.15) is 0 Å². The van der Waals surface area contributed by atoms with E-state index in [1.807, 2.05) is 0 Å². The van der Waals surface area contributed by atoms with Crippen LogP contribution in [0.15, 0.2) is 0 Å². The molecule has 0 aromatic rings. The Bertz CT molecular complexity index is 467. The highest BCUT2D eigenvalue weighted by molar-refractivity contribution is 7.89. The van der Waals surface area contributed by atoms with E-state index < -0.39 is 22.0 Å². The van der Waals surface area contributed by atoms with E-state index in [9.17, 15) is 8.42 Å². The molecule has 2 aliphatic rings. The lowest BCUT2D eigenvalue weighted by Gasteiger charge is -2.37. The second-order valence-electron chi connectivity index (χ2n) is 5.38. The zero-order valence-corrected chi connectivity index (χ0v) is 13.6. The van der Waals surface area contributed by atoms with E-state index in [4.69, 9.17) is 19.8 Å². The van der Waals surface area contributed by atoms with E-state index in [0.717, 1.165) is 19.1 Å². The van der Waals surface area contributed by atoms with Crippen molar-refractivity contribution in [2.24, 2.45) is 0 Å². The van der Waals surface area contributed by atoms with Gasteiger partial charge in [-0.2, -0.15) is 4.31 Å². The summed E-state index contributed by atoms with van der Waals surface area (Å²) in [6.45, 7) is 4.94. The number of carboxylic acids is 2. The van der Waals surface area contributed by atoms with Crippen LogP contribution in [-0.4, -0.2) is 77.7 Å². The third kappa shape index (κ3) is 5.54. The Balaban J connectivity index is 0.000000346. The van der Waals surface area contributed by atoms with Crippen LogP contribution in [0.4, 0.5) is 0 Å². The highest BCUT2D eigenvalue weighted by Crippen LogP contribution is 2.24. The van der Waals surface area contributed by atoms with Crippen molar-refractivity contribution in [1.82, 2.24) is 9.21 Å². The average Bonchev–Trinajstić information content (AvgIpc) is 3.02. The summed E-state index contributed by atoms with van der Waals surface area (Å²) in [6.07, 6.45) is 5.30. The number of hydrogen-bond acceptors (Lipinski definition) is 5. The van der Waals surface area contributed by atoms with Crippen molar-refractivity contribution < 1.29 is 28.2 Å². The van der Waals surface area contributed by atoms with Crippen molar-refractivity contribution in [3.8, 4) is 0 Å². The fourth-order valence-electron chi connectivity index (χ4n) is 2.80. The highest BCUT2D eigenvalue weighted by atomic mass is 32.2. The first-order chi connectivity index (χ1) is 10.3. The molecule has 22 heavy (non-hydrogen) atoms. The third-order valence-electron chi connectivity index (χ3n) is 4.06. The van der Waals surface area contributed by atoms with Crippen molar-refractivity contribution in [3.05, 3.63) is 0 Å². The molecule has 1 saturated carbocycles. The molecule has 1 aliphatic carbocycles. The lowest BCUT2D eigenvalue weighted by Crippen LogP contribution is -2.51. The summed E-state index contributed by atoms with van der Waals surface area (Å²) < 4.78 is 25.0. The lowest BCUT2D eigenvalue weighted by molar-refractivity contribution is -0.159. The second-order valence-corrected chi connectivity index (χ2v) is 7.64. The Morgan fingerprint density at radius 2 is 1.45 bits per heavy atom. The molecular weight excluding hydrogens is 312 g/mol. The van der Waals surface area contributed by atoms with E-state index in [2.05, 4.69) is 4.90 Å². The van der Waals surface area contributed by atoms with Crippen LogP contribution in [0.25, 0.3) is 0 Å². The number of carboxylic acid groups (broad SMARTS) is 2. The van der Waals surface area contributed by atoms with Crippen molar-refractivity contribution in [2.45, 2.75) is 38.6 Å². The van der Waals surface area contributed by atoms with Crippen molar-refractivity contribution in [1.29, 1.82) is 0 Å². The van der Waals surface area contributed by atoms with Crippen LogP contribution in [0.5, 0.6) is 0 Å². The number of nitrogens with zero attached hydrogens (tertiary/aromatic N) is 2. The molecule has 9 heteroatoms. The fourth-order valence-corrected chi connectivity index (χ4v) is 3.88. The van der Waals surface area contributed by atoms with Gasteiger partial charge in [0.05, 0.1) is 5.75 Å². The molecule has 1 saturated heterocycles. The molecule has 2 fully saturated rings. The summed E-state index contributed by atoms with van der Waals surface area (Å²) in [5.41, 5.74) is 0. The minimum atomic E-state index is -2.96. The summed E-state index contributed by atoms with van der Waals surface area (Å²) in [5.74, 6) is -3.42. The minimum Gasteiger partial charge on any atom is -0.473 e. The maximum atomic E-state index is 11.7. The number of piperazine rings is 1. The van der Waals surface area contributed by atoms with E-state index >= 15 is 0 Å². The minimum absolute atomic E-state index is 0.233. The molecule has 0 radical (unpaired) electrons. The molecular formula is C13H24N2O6S. The van der Waals surface area contributed by atoms with Crippen LogP contribution in [0.3, 0.4) is 0 Å². The molecule has 0 amide bonds. The highest BCUT2D eigenvalue weighted by Gasteiger charge is 2.29. The molecule has 1 aliphatic heterocycles. The largest absolute Gasteiger partial charge is 0.473 e. The topological polar surface area (TPSA) is 115 Å². The summed E-state index contributed by atoms with van der Waals surface area (Å²) in [5, 5.41) is 14.8. The zero-order chi connectivity index (χ0) is 16.8. The van der Waals surface area contributed by atoms with E-state index in [1.54, 1.807) is 11.2 Å². The maximum absolute atomic E-state index is 11.7. The standard InChI is InChI=1S/C11H22N2O2S.C2H2O4/c1-2-16(14,15)13-9-7-12(8-10-13)11-5-3-4-6-11;3-1(4)2(5)6/h11H,2-10H2,1H3;(H,3,4)(H,5,6). The monoisotopic (exact) mass is 336 g/mol. The van der Waals surface area contributed by atoms with Gasteiger partial charge in [-0.15, -0.1) is 0 Å². The van der Waals surface area contributed by atoms with Gasteiger partial charge in [-0.1, -0.05) is 12.8 Å². The first-order valence-electron chi connectivity index (χ1n) is 7.46. The summed E-state index contributed by atoms with van der Waals surface area (Å²) >= 11 is 0. The third-order valence-corrected chi connectivity index (χ3v) is 5.94. The second kappa shape index (κ2) is 8.44. The summed E-state index contributed by atoms with van der Waals surface area (Å²) in [6, 6.07) is 0.728. The molecule has 2 N–H and O–H groups in total. The quantitative estimate of drug-likeness (QED) is 0.700. The first kappa shape index (κ1) is 18.9. The van der Waals surface area contributed by atoms with E-state index in [1.165, 1.54) is 25.7 Å². The fraction of sp³-hybridized carbons (Fsp3) is 0.846. The van der Waals surface area contributed by atoms with Crippen LogP contribution in [0, 0.1) is 0 Å². The van der Waals surface area contributed by atoms with Gasteiger partial charge in [0.15, 0.2) is 0 Å². The maximum Gasteiger partial charge on any atom is 0.414 e. The number of hydrogen-bond donors (Lipinski definition) is 2. The van der Waals surface area contributed by atoms with Crippen LogP contribution in [0.1, 0.15) is 32.6 Å². The van der Waals surface area contributed by atoms with Gasteiger partial charge < -0.3 is 10.2 Å². The Labute approximate surface area is 130 Å². The van der Waals surface area contributed by atoms with Crippen LogP contribution >= 0.6 is 0 Å². The smallest absolute Gasteiger partial charge is 0.414 e. The van der Waals surface area contributed by atoms with Gasteiger partial charge in [0, 0.05) is 32.2 Å². The molecule has 0 aromatic carbocycles. The SMILES string of the molecule is CCS(=O)(=O)N1CCN(C2CCCC2)CC1.O=C(O)C(=O)O. The first-order valence-corrected chi connectivity index (χ1v) is 9.07. The Kier molecular flexibility index (Phi) is 7.24. The predicted molar refractivity (Wildman–Crippen MR) is 80.1 cm³/mol. The molecule has 128 valence electrons. The van der Waals surface area contributed by atoms with Crippen LogP contribution in [0.2, 0.25) is 0 Å². The molecule has 0 aromatic heterocycles. The Morgan fingerprint density at radius 1 is 1.00 bits per heavy atom. The lowest BCUT2D eigenvalue weighted by atomic mass is 10.2. The normalized spacial score (nSPS) is 21.1. The molecule has 0 unspecified atom stereocenters. The van der Waals surface area contributed by atoms with Gasteiger partial charge in [-0.25, -0.2) is 18.0 Å². The molecule has 0 bridgehead atoms. The van der Waals surface area contributed by atoms with Crippen molar-refractivity contribution >= 4 is 22.0 Å². The van der Waals surface area contributed by atoms with Crippen LogP contribution < -0.4 is 0 Å². The average molecular weight is 336 g/mol. The Hall–Kier alpha value is -1.19. The van der Waals surface area contributed by atoms with Gasteiger partial charge >= 0.3 is 11.9 Å². The zero-order valence-electron chi connectivity index (χ0n) is 12.8. The van der Waals surface area contributed by atoms with Gasteiger partial charge in [0.25, 0.3) is 0 Å². The summed E-state index contributed by atoms with van der Waals surface area (Å²) in [4.78, 5) is 20.7. The van der Waals surface area contributed by atoms with Gasteiger partial charge in [0.2, 0.25) is 10.0 Å².